The Morgan fingerprint density at radius 2 is 2.21 bits per heavy atom. The minimum absolute atomic E-state index is 0.212. The van der Waals surface area contributed by atoms with Gasteiger partial charge in [0.15, 0.2) is 5.75 Å². The lowest BCUT2D eigenvalue weighted by Gasteiger charge is -2.09. The molecule has 0 N–H and O–H groups in total. The van der Waals surface area contributed by atoms with Gasteiger partial charge in [-0.25, -0.2) is 4.68 Å². The molecule has 1 fully saturated rings. The van der Waals surface area contributed by atoms with Crippen molar-refractivity contribution in [2.75, 3.05) is 0 Å². The van der Waals surface area contributed by atoms with Gasteiger partial charge in [0.2, 0.25) is 0 Å². The van der Waals surface area contributed by atoms with E-state index in [4.69, 9.17) is 4.74 Å². The normalized spacial score (nSPS) is 14.4. The fraction of sp³-hybridized carbons (Fsp3) is 0.286. The molecule has 0 unspecified atom stereocenters. The minimum atomic E-state index is -0.212. The van der Waals surface area contributed by atoms with Crippen LogP contribution in [0.3, 0.4) is 0 Å². The molecule has 0 amide bonds. The van der Waals surface area contributed by atoms with Gasteiger partial charge in [0.05, 0.1) is 6.20 Å². The molecule has 5 heteroatoms. The predicted octanol–water partition coefficient (Wildman–Crippen LogP) is 3.21. The highest BCUT2D eigenvalue weighted by atomic mass is 79.9. The van der Waals surface area contributed by atoms with Crippen molar-refractivity contribution in [2.45, 2.75) is 18.8 Å². The lowest BCUT2D eigenvalue weighted by atomic mass is 10.1. The molecule has 0 spiro atoms. The number of hydrogen-bond acceptors (Lipinski definition) is 3. The van der Waals surface area contributed by atoms with E-state index in [-0.39, 0.29) is 5.56 Å². The van der Waals surface area contributed by atoms with Crippen molar-refractivity contribution >= 4 is 15.9 Å². The molecule has 0 atom stereocenters. The van der Waals surface area contributed by atoms with Gasteiger partial charge >= 0.3 is 0 Å². The lowest BCUT2D eigenvalue weighted by molar-refractivity contribution is 0.468. The smallest absolute Gasteiger partial charge is 0.284 e. The zero-order valence-electron chi connectivity index (χ0n) is 10.5. The van der Waals surface area contributed by atoms with Gasteiger partial charge in [-0.3, -0.25) is 4.79 Å². The van der Waals surface area contributed by atoms with Crippen LogP contribution in [-0.4, -0.2) is 9.78 Å². The van der Waals surface area contributed by atoms with Crippen LogP contribution >= 0.6 is 15.9 Å². The summed E-state index contributed by atoms with van der Waals surface area (Å²) in [6.07, 6.45) is 4.04. The Morgan fingerprint density at radius 3 is 2.95 bits per heavy atom. The van der Waals surface area contributed by atoms with E-state index >= 15 is 0 Å². The molecule has 1 aliphatic carbocycles. The molecule has 4 nitrogen and oxygen atoms in total. The summed E-state index contributed by atoms with van der Waals surface area (Å²) < 4.78 is 7.39. The van der Waals surface area contributed by atoms with Gasteiger partial charge < -0.3 is 4.74 Å². The second-order valence-corrected chi connectivity index (χ2v) is 5.49. The van der Waals surface area contributed by atoms with E-state index in [2.05, 4.69) is 27.1 Å². The molecule has 1 heterocycles. The Bertz CT molecular complexity index is 677. The number of rotatable bonds is 3. The maximum Gasteiger partial charge on any atom is 0.284 e. The first-order valence-corrected chi connectivity index (χ1v) is 6.94. The third-order valence-corrected chi connectivity index (χ3v) is 3.91. The maximum atomic E-state index is 11.7. The number of hydrogen-bond donors (Lipinski definition) is 0. The van der Waals surface area contributed by atoms with Crippen LogP contribution in [0.15, 0.2) is 39.7 Å². The average Bonchev–Trinajstić information content (AvgIpc) is 3.24. The van der Waals surface area contributed by atoms with Crippen molar-refractivity contribution < 1.29 is 4.74 Å². The Labute approximate surface area is 119 Å². The quantitative estimate of drug-likeness (QED) is 0.872. The van der Waals surface area contributed by atoms with Crippen molar-refractivity contribution in [3.63, 3.8) is 0 Å². The lowest BCUT2D eigenvalue weighted by Crippen LogP contribution is -2.20. The summed E-state index contributed by atoms with van der Waals surface area (Å²) in [6, 6.07) is 8.00. The molecular weight excluding hydrogens is 308 g/mol. The molecule has 0 aliphatic heterocycles. The summed E-state index contributed by atoms with van der Waals surface area (Å²) in [5.41, 5.74) is 1.08. The van der Waals surface area contributed by atoms with Crippen molar-refractivity contribution in [1.29, 1.82) is 0 Å². The molecule has 2 aromatic rings. The zero-order valence-corrected chi connectivity index (χ0v) is 12.1. The standard InChI is InChI=1S/C14H13BrN2O2/c1-17-14(18)13(15)12(8-16-17)19-11-4-2-3-10(7-11)9-5-6-9/h2-4,7-9H,5-6H2,1H3. The Balaban J connectivity index is 1.91. The summed E-state index contributed by atoms with van der Waals surface area (Å²) in [4.78, 5) is 11.7. The summed E-state index contributed by atoms with van der Waals surface area (Å²) in [6.45, 7) is 0. The molecule has 0 bridgehead atoms. The monoisotopic (exact) mass is 320 g/mol. The van der Waals surface area contributed by atoms with Crippen molar-refractivity contribution in [3.05, 3.63) is 50.9 Å². The third kappa shape index (κ3) is 2.56. The fourth-order valence-corrected chi connectivity index (χ4v) is 2.38. The second-order valence-electron chi connectivity index (χ2n) is 4.70. The fourth-order valence-electron chi connectivity index (χ4n) is 1.94. The molecule has 0 radical (unpaired) electrons. The van der Waals surface area contributed by atoms with E-state index in [1.54, 1.807) is 7.05 Å². The van der Waals surface area contributed by atoms with Crippen LogP contribution in [0.4, 0.5) is 0 Å². The van der Waals surface area contributed by atoms with Crippen LogP contribution in [0.1, 0.15) is 24.3 Å². The van der Waals surface area contributed by atoms with E-state index in [0.29, 0.717) is 16.1 Å². The number of halogens is 1. The maximum absolute atomic E-state index is 11.7. The summed E-state index contributed by atoms with van der Waals surface area (Å²) in [5.74, 6) is 1.85. The summed E-state index contributed by atoms with van der Waals surface area (Å²) in [5, 5.41) is 3.95. The third-order valence-electron chi connectivity index (χ3n) is 3.18. The van der Waals surface area contributed by atoms with Crippen LogP contribution in [0.2, 0.25) is 0 Å². The van der Waals surface area contributed by atoms with Crippen LogP contribution in [0, 0.1) is 0 Å². The molecular formula is C14H13BrN2O2. The number of nitrogens with zero attached hydrogens (tertiary/aromatic N) is 2. The van der Waals surface area contributed by atoms with Gasteiger partial charge in [-0.05, 0) is 52.4 Å². The van der Waals surface area contributed by atoms with Gasteiger partial charge in [0, 0.05) is 7.05 Å². The topological polar surface area (TPSA) is 44.1 Å². The highest BCUT2D eigenvalue weighted by Gasteiger charge is 2.23. The highest BCUT2D eigenvalue weighted by Crippen LogP contribution is 2.41. The van der Waals surface area contributed by atoms with E-state index in [0.717, 1.165) is 5.75 Å². The average molecular weight is 321 g/mol. The van der Waals surface area contributed by atoms with Gasteiger partial charge in [-0.1, -0.05) is 12.1 Å². The molecule has 3 rings (SSSR count). The Kier molecular flexibility index (Phi) is 3.14. The van der Waals surface area contributed by atoms with E-state index in [9.17, 15) is 4.79 Å². The van der Waals surface area contributed by atoms with E-state index in [1.165, 1.54) is 29.3 Å². The van der Waals surface area contributed by atoms with Crippen molar-refractivity contribution in [1.82, 2.24) is 9.78 Å². The minimum Gasteiger partial charge on any atom is -0.454 e. The molecule has 1 aliphatic rings. The van der Waals surface area contributed by atoms with Crippen molar-refractivity contribution in [3.8, 4) is 11.5 Å². The first kappa shape index (κ1) is 12.4. The highest BCUT2D eigenvalue weighted by molar-refractivity contribution is 9.10. The Hall–Kier alpha value is -1.62. The van der Waals surface area contributed by atoms with Gasteiger partial charge in [0.25, 0.3) is 5.56 Å². The predicted molar refractivity (Wildman–Crippen MR) is 75.7 cm³/mol. The van der Waals surface area contributed by atoms with Crippen LogP contribution in [0.5, 0.6) is 11.5 Å². The van der Waals surface area contributed by atoms with Gasteiger partial charge in [0.1, 0.15) is 10.2 Å². The van der Waals surface area contributed by atoms with Crippen LogP contribution in [0.25, 0.3) is 0 Å². The first-order chi connectivity index (χ1) is 9.15. The zero-order chi connectivity index (χ0) is 13.4. The SMILES string of the molecule is Cn1ncc(Oc2cccc(C3CC3)c2)c(Br)c1=O. The summed E-state index contributed by atoms with van der Waals surface area (Å²) >= 11 is 3.25. The van der Waals surface area contributed by atoms with Crippen LogP contribution in [-0.2, 0) is 7.05 Å². The van der Waals surface area contributed by atoms with Crippen molar-refractivity contribution in [2.24, 2.45) is 7.05 Å². The number of aromatic nitrogens is 2. The Morgan fingerprint density at radius 1 is 1.42 bits per heavy atom. The molecule has 0 saturated heterocycles. The van der Waals surface area contributed by atoms with E-state index in [1.807, 2.05) is 18.2 Å². The largest absolute Gasteiger partial charge is 0.454 e. The summed E-state index contributed by atoms with van der Waals surface area (Å²) in [7, 11) is 1.60. The second kappa shape index (κ2) is 4.81. The van der Waals surface area contributed by atoms with Crippen LogP contribution < -0.4 is 10.3 Å². The number of ether oxygens (including phenoxy) is 1. The molecule has 1 aromatic carbocycles. The molecule has 1 saturated carbocycles. The molecule has 1 aromatic heterocycles. The van der Waals surface area contributed by atoms with Gasteiger partial charge in [-0.15, -0.1) is 0 Å². The molecule has 19 heavy (non-hydrogen) atoms. The van der Waals surface area contributed by atoms with E-state index < -0.39 is 0 Å². The number of aryl methyl sites for hydroxylation is 1. The number of benzene rings is 1. The van der Waals surface area contributed by atoms with Gasteiger partial charge in [-0.2, -0.15) is 5.10 Å². The molecule has 98 valence electrons. The first-order valence-electron chi connectivity index (χ1n) is 6.15.